The Balaban J connectivity index is 2.65. The second-order valence-electron chi connectivity index (χ2n) is 3.71. The summed E-state index contributed by atoms with van der Waals surface area (Å²) in [5.41, 5.74) is 0.963. The number of nitrogens with zero attached hydrogens (tertiary/aromatic N) is 2. The molecule has 0 atom stereocenters. The summed E-state index contributed by atoms with van der Waals surface area (Å²) in [6.07, 6.45) is 2.20. The maximum atomic E-state index is 11.9. The van der Waals surface area contributed by atoms with Gasteiger partial charge in [-0.25, -0.2) is 0 Å². The van der Waals surface area contributed by atoms with Gasteiger partial charge < -0.3 is 0 Å². The first-order valence-corrected chi connectivity index (χ1v) is 6.47. The molecule has 2 rings (SSSR count). The van der Waals surface area contributed by atoms with E-state index in [1.165, 1.54) is 0 Å². The average Bonchev–Trinajstić information content (AvgIpc) is 2.32. The number of aryl methyl sites for hydroxylation is 1. The molecule has 0 fully saturated rings. The molecule has 16 heavy (non-hydrogen) atoms. The van der Waals surface area contributed by atoms with E-state index in [4.69, 9.17) is 0 Å². The molecule has 0 amide bonds. The summed E-state index contributed by atoms with van der Waals surface area (Å²) in [6, 6.07) is 7.65. The van der Waals surface area contributed by atoms with E-state index in [9.17, 15) is 4.79 Å². The van der Waals surface area contributed by atoms with Gasteiger partial charge in [-0.2, -0.15) is 5.10 Å². The first kappa shape index (κ1) is 11.6. The summed E-state index contributed by atoms with van der Waals surface area (Å²) in [5.74, 6) is 0. The lowest BCUT2D eigenvalue weighted by Gasteiger charge is -2.09. The minimum atomic E-state index is 0.0314. The highest BCUT2D eigenvalue weighted by molar-refractivity contribution is 14.1. The lowest BCUT2D eigenvalue weighted by atomic mass is 10.2. The zero-order chi connectivity index (χ0) is 11.5. The lowest BCUT2D eigenvalue weighted by Crippen LogP contribution is -2.17. The van der Waals surface area contributed by atoms with Crippen molar-refractivity contribution in [2.24, 2.45) is 0 Å². The molecule has 1 aromatic carbocycles. The topological polar surface area (TPSA) is 34.9 Å². The third kappa shape index (κ3) is 2.11. The second-order valence-corrected chi connectivity index (χ2v) is 4.74. The molecule has 0 saturated heterocycles. The number of aromatic nitrogens is 2. The van der Waals surface area contributed by atoms with Crippen molar-refractivity contribution in [2.75, 3.05) is 0 Å². The Kier molecular flexibility index (Phi) is 3.58. The predicted molar refractivity (Wildman–Crippen MR) is 73.6 cm³/mol. The Morgan fingerprint density at radius 3 is 2.88 bits per heavy atom. The molecule has 4 heteroatoms. The molecule has 1 aromatic heterocycles. The van der Waals surface area contributed by atoms with E-state index in [1.54, 1.807) is 0 Å². The summed E-state index contributed by atoms with van der Waals surface area (Å²) < 4.78 is 2.48. The van der Waals surface area contributed by atoms with Gasteiger partial charge in [0.05, 0.1) is 10.9 Å². The highest BCUT2D eigenvalue weighted by Crippen LogP contribution is 2.11. The van der Waals surface area contributed by atoms with E-state index in [1.807, 2.05) is 51.5 Å². The zero-order valence-corrected chi connectivity index (χ0v) is 11.3. The van der Waals surface area contributed by atoms with Gasteiger partial charge in [0, 0.05) is 6.54 Å². The molecular formula is C12H13IN2O. The minimum Gasteiger partial charge on any atom is -0.286 e. The summed E-state index contributed by atoms with van der Waals surface area (Å²) >= 11 is 2.01. The van der Waals surface area contributed by atoms with Crippen molar-refractivity contribution in [3.63, 3.8) is 0 Å². The van der Waals surface area contributed by atoms with Crippen LogP contribution >= 0.6 is 22.6 Å². The SMILES string of the molecule is CCCCn1nc(I)c(=O)c2ccccc21. The molecule has 3 nitrogen and oxygen atoms in total. The molecule has 0 aliphatic heterocycles. The van der Waals surface area contributed by atoms with E-state index in [0.29, 0.717) is 3.70 Å². The molecule has 0 unspecified atom stereocenters. The van der Waals surface area contributed by atoms with Gasteiger partial charge in [-0.1, -0.05) is 25.5 Å². The van der Waals surface area contributed by atoms with Crippen molar-refractivity contribution < 1.29 is 0 Å². The van der Waals surface area contributed by atoms with Crippen LogP contribution in [0.4, 0.5) is 0 Å². The standard InChI is InChI=1S/C12H13IN2O/c1-2-3-8-15-10-7-5-4-6-9(10)11(16)12(13)14-15/h4-7H,2-3,8H2,1H3. The number of rotatable bonds is 3. The van der Waals surface area contributed by atoms with Crippen molar-refractivity contribution in [1.82, 2.24) is 9.78 Å². The van der Waals surface area contributed by atoms with Crippen LogP contribution in [-0.2, 0) is 6.54 Å². The first-order chi connectivity index (χ1) is 7.74. The van der Waals surface area contributed by atoms with Crippen LogP contribution in [0.5, 0.6) is 0 Å². The van der Waals surface area contributed by atoms with Gasteiger partial charge >= 0.3 is 0 Å². The van der Waals surface area contributed by atoms with Crippen molar-refractivity contribution >= 4 is 33.5 Å². The molecule has 0 aliphatic carbocycles. The number of unbranched alkanes of at least 4 members (excludes halogenated alkanes) is 1. The summed E-state index contributed by atoms with van der Waals surface area (Å²) in [4.78, 5) is 11.9. The Morgan fingerprint density at radius 1 is 1.38 bits per heavy atom. The van der Waals surface area contributed by atoms with Crippen LogP contribution in [0, 0.1) is 3.70 Å². The van der Waals surface area contributed by atoms with Crippen LogP contribution in [0.2, 0.25) is 0 Å². The van der Waals surface area contributed by atoms with Crippen LogP contribution in [0.1, 0.15) is 19.8 Å². The van der Waals surface area contributed by atoms with Gasteiger partial charge in [0.25, 0.3) is 0 Å². The largest absolute Gasteiger partial charge is 0.286 e. The summed E-state index contributed by atoms with van der Waals surface area (Å²) in [5, 5.41) is 5.09. The zero-order valence-electron chi connectivity index (χ0n) is 9.11. The fourth-order valence-corrected chi connectivity index (χ4v) is 2.24. The van der Waals surface area contributed by atoms with Crippen LogP contribution < -0.4 is 5.43 Å². The fourth-order valence-electron chi connectivity index (χ4n) is 1.69. The molecular weight excluding hydrogens is 315 g/mol. The van der Waals surface area contributed by atoms with E-state index in [2.05, 4.69) is 12.0 Å². The fraction of sp³-hybridized carbons (Fsp3) is 0.333. The number of fused-ring (bicyclic) bond motifs is 1. The number of benzene rings is 1. The number of hydrogen-bond acceptors (Lipinski definition) is 2. The van der Waals surface area contributed by atoms with Crippen molar-refractivity contribution in [2.45, 2.75) is 26.3 Å². The number of para-hydroxylation sites is 1. The molecule has 0 bridgehead atoms. The van der Waals surface area contributed by atoms with Crippen molar-refractivity contribution in [3.05, 3.63) is 38.2 Å². The average molecular weight is 328 g/mol. The molecule has 0 N–H and O–H groups in total. The van der Waals surface area contributed by atoms with E-state index >= 15 is 0 Å². The van der Waals surface area contributed by atoms with Gasteiger partial charge in [0.15, 0.2) is 3.70 Å². The van der Waals surface area contributed by atoms with Gasteiger partial charge in [-0.3, -0.25) is 9.48 Å². The van der Waals surface area contributed by atoms with Crippen LogP contribution in [0.15, 0.2) is 29.1 Å². The van der Waals surface area contributed by atoms with Gasteiger partial charge in [0.2, 0.25) is 5.43 Å². The van der Waals surface area contributed by atoms with Gasteiger partial charge in [0.1, 0.15) is 0 Å². The van der Waals surface area contributed by atoms with E-state index in [-0.39, 0.29) is 5.43 Å². The maximum absolute atomic E-state index is 11.9. The van der Waals surface area contributed by atoms with Crippen molar-refractivity contribution in [1.29, 1.82) is 0 Å². The smallest absolute Gasteiger partial charge is 0.221 e. The number of halogens is 1. The Bertz CT molecular complexity index is 562. The minimum absolute atomic E-state index is 0.0314. The Morgan fingerprint density at radius 2 is 2.12 bits per heavy atom. The highest BCUT2D eigenvalue weighted by atomic mass is 127. The van der Waals surface area contributed by atoms with Crippen LogP contribution in [0.3, 0.4) is 0 Å². The second kappa shape index (κ2) is 4.95. The van der Waals surface area contributed by atoms with Gasteiger partial charge in [-0.05, 0) is 41.1 Å². The lowest BCUT2D eigenvalue weighted by molar-refractivity contribution is 0.574. The highest BCUT2D eigenvalue weighted by Gasteiger charge is 2.07. The quantitative estimate of drug-likeness (QED) is 0.812. The molecule has 0 radical (unpaired) electrons. The Hall–Kier alpha value is -0.910. The molecule has 2 aromatic rings. The van der Waals surface area contributed by atoms with Crippen LogP contribution in [-0.4, -0.2) is 9.78 Å². The maximum Gasteiger partial charge on any atom is 0.221 e. The monoisotopic (exact) mass is 328 g/mol. The summed E-state index contributed by atoms with van der Waals surface area (Å²) in [6.45, 7) is 3.02. The van der Waals surface area contributed by atoms with E-state index in [0.717, 1.165) is 30.3 Å². The third-order valence-corrected chi connectivity index (χ3v) is 3.25. The van der Waals surface area contributed by atoms with E-state index < -0.39 is 0 Å². The summed E-state index contributed by atoms with van der Waals surface area (Å²) in [7, 11) is 0. The van der Waals surface area contributed by atoms with Crippen molar-refractivity contribution in [3.8, 4) is 0 Å². The molecule has 1 heterocycles. The van der Waals surface area contributed by atoms with Gasteiger partial charge in [-0.15, -0.1) is 0 Å². The molecule has 84 valence electrons. The number of hydrogen-bond donors (Lipinski definition) is 0. The molecule has 0 saturated carbocycles. The molecule has 0 aliphatic rings. The normalized spacial score (nSPS) is 10.9. The first-order valence-electron chi connectivity index (χ1n) is 5.39. The predicted octanol–water partition coefficient (Wildman–Crippen LogP) is 2.80. The molecule has 0 spiro atoms. The Labute approximate surface area is 108 Å². The third-order valence-electron chi connectivity index (χ3n) is 2.55. The van der Waals surface area contributed by atoms with Crippen LogP contribution in [0.25, 0.3) is 10.9 Å².